The molecule has 1 N–H and O–H groups in total. The molecule has 0 radical (unpaired) electrons. The molecule has 0 fully saturated rings. The molecule has 4 heteroatoms. The van der Waals surface area contributed by atoms with Gasteiger partial charge in [0, 0.05) is 23.0 Å². The normalized spacial score (nSPS) is 11.0. The molecule has 1 aromatic carbocycles. The van der Waals surface area contributed by atoms with E-state index in [4.69, 9.17) is 4.74 Å². The maximum Gasteiger partial charge on any atom is 0.224 e. The molecule has 1 heterocycles. The lowest BCUT2D eigenvalue weighted by Gasteiger charge is -2.20. The Bertz CT molecular complexity index is 701. The molecule has 0 unspecified atom stereocenters. The first-order chi connectivity index (χ1) is 11.3. The first-order valence-electron chi connectivity index (χ1n) is 8.55. The van der Waals surface area contributed by atoms with Gasteiger partial charge in [0.1, 0.15) is 11.6 Å². The number of nitrogens with zero attached hydrogens (tertiary/aromatic N) is 1. The van der Waals surface area contributed by atoms with Crippen LogP contribution in [0.5, 0.6) is 11.6 Å². The first-order valence-corrected chi connectivity index (χ1v) is 8.55. The van der Waals surface area contributed by atoms with Crippen molar-refractivity contribution >= 4 is 5.69 Å². The highest BCUT2D eigenvalue weighted by atomic mass is 19.1. The average Bonchev–Trinajstić information content (AvgIpc) is 2.52. The zero-order valence-corrected chi connectivity index (χ0v) is 15.5. The third-order valence-corrected chi connectivity index (χ3v) is 4.32. The van der Waals surface area contributed by atoms with E-state index in [-0.39, 0.29) is 5.82 Å². The van der Waals surface area contributed by atoms with Gasteiger partial charge in [-0.15, -0.1) is 0 Å². The van der Waals surface area contributed by atoms with Gasteiger partial charge in [0.15, 0.2) is 0 Å². The van der Waals surface area contributed by atoms with Gasteiger partial charge in [-0.1, -0.05) is 13.8 Å². The number of anilines is 1. The molecular weight excluding hydrogens is 303 g/mol. The van der Waals surface area contributed by atoms with Gasteiger partial charge in [-0.25, -0.2) is 9.37 Å². The molecule has 0 saturated heterocycles. The van der Waals surface area contributed by atoms with Crippen molar-refractivity contribution in [2.75, 3.05) is 5.32 Å². The fourth-order valence-electron chi connectivity index (χ4n) is 2.83. The molecule has 24 heavy (non-hydrogen) atoms. The van der Waals surface area contributed by atoms with Gasteiger partial charge in [0.2, 0.25) is 5.88 Å². The van der Waals surface area contributed by atoms with Crippen LogP contribution in [0.1, 0.15) is 49.1 Å². The van der Waals surface area contributed by atoms with Gasteiger partial charge in [0.25, 0.3) is 0 Å². The van der Waals surface area contributed by atoms with E-state index in [9.17, 15) is 4.39 Å². The third-order valence-electron chi connectivity index (χ3n) is 4.32. The number of ether oxygens (including phenoxy) is 1. The predicted molar refractivity (Wildman–Crippen MR) is 97.7 cm³/mol. The second-order valence-corrected chi connectivity index (χ2v) is 6.37. The van der Waals surface area contributed by atoms with Gasteiger partial charge in [-0.05, 0) is 69.9 Å². The smallest absolute Gasteiger partial charge is 0.224 e. The van der Waals surface area contributed by atoms with Crippen LogP contribution in [0.25, 0.3) is 0 Å². The van der Waals surface area contributed by atoms with Crippen LogP contribution in [-0.2, 0) is 0 Å². The number of pyridine rings is 1. The van der Waals surface area contributed by atoms with Crippen LogP contribution in [0.2, 0.25) is 0 Å². The number of benzene rings is 1. The topological polar surface area (TPSA) is 34.2 Å². The van der Waals surface area contributed by atoms with Crippen LogP contribution in [0.3, 0.4) is 0 Å². The Morgan fingerprint density at radius 1 is 1.04 bits per heavy atom. The second-order valence-electron chi connectivity index (χ2n) is 6.37. The maximum atomic E-state index is 13.5. The maximum absolute atomic E-state index is 13.5. The van der Waals surface area contributed by atoms with Gasteiger partial charge in [0.05, 0.1) is 0 Å². The number of aryl methyl sites for hydroxylation is 3. The first kappa shape index (κ1) is 18.2. The summed E-state index contributed by atoms with van der Waals surface area (Å²) in [6.45, 7) is 12.0. The number of nitrogens with one attached hydrogen (secondary N) is 1. The number of halogens is 1. The molecule has 2 aromatic rings. The van der Waals surface area contributed by atoms with E-state index in [2.05, 4.69) is 24.1 Å². The lowest BCUT2D eigenvalue weighted by atomic mass is 10.1. The minimum atomic E-state index is -0.248. The summed E-state index contributed by atoms with van der Waals surface area (Å²) in [5, 5.41) is 3.57. The number of aromatic nitrogens is 1. The summed E-state index contributed by atoms with van der Waals surface area (Å²) in [7, 11) is 0. The molecule has 0 aliphatic heterocycles. The average molecular weight is 330 g/mol. The van der Waals surface area contributed by atoms with Gasteiger partial charge in [-0.2, -0.15) is 0 Å². The standard InChI is InChI=1S/C20H27FN2O/c1-7-17(8-2)23-18-11-14(5)22-20(15(18)6)24-19-12(3)9-16(21)10-13(19)4/h9-11,17H,7-8H2,1-6H3,(H,22,23). The lowest BCUT2D eigenvalue weighted by Crippen LogP contribution is -2.18. The molecular formula is C20H27FN2O. The quantitative estimate of drug-likeness (QED) is 0.721. The molecule has 0 aliphatic carbocycles. The van der Waals surface area contributed by atoms with Crippen LogP contribution in [0, 0.1) is 33.5 Å². The summed E-state index contributed by atoms with van der Waals surface area (Å²) in [5.41, 5.74) is 4.44. The molecule has 0 amide bonds. The highest BCUT2D eigenvalue weighted by Crippen LogP contribution is 2.33. The SMILES string of the molecule is CCC(CC)Nc1cc(C)nc(Oc2c(C)cc(F)cc2C)c1C. The van der Waals surface area contributed by atoms with Crippen molar-refractivity contribution in [1.82, 2.24) is 4.98 Å². The van der Waals surface area contributed by atoms with Crippen LogP contribution in [-0.4, -0.2) is 11.0 Å². The Labute approximate surface area is 144 Å². The highest BCUT2D eigenvalue weighted by molar-refractivity contribution is 5.57. The monoisotopic (exact) mass is 330 g/mol. The van der Waals surface area contributed by atoms with E-state index in [0.717, 1.165) is 40.9 Å². The zero-order valence-electron chi connectivity index (χ0n) is 15.5. The molecule has 0 spiro atoms. The van der Waals surface area contributed by atoms with Crippen molar-refractivity contribution in [1.29, 1.82) is 0 Å². The molecule has 0 atom stereocenters. The fraction of sp³-hybridized carbons (Fsp3) is 0.450. The summed E-state index contributed by atoms with van der Waals surface area (Å²) in [6.07, 6.45) is 2.12. The van der Waals surface area contributed by atoms with E-state index in [1.165, 1.54) is 12.1 Å². The Kier molecular flexibility index (Phi) is 5.81. The predicted octanol–water partition coefficient (Wildman–Crippen LogP) is 5.85. The van der Waals surface area contributed by atoms with E-state index in [0.29, 0.717) is 17.7 Å². The zero-order chi connectivity index (χ0) is 17.9. The Morgan fingerprint density at radius 2 is 1.62 bits per heavy atom. The molecule has 0 saturated carbocycles. The summed E-state index contributed by atoms with van der Waals surface area (Å²) < 4.78 is 19.6. The van der Waals surface area contributed by atoms with Crippen molar-refractivity contribution in [3.8, 4) is 11.6 Å². The van der Waals surface area contributed by atoms with Crippen LogP contribution >= 0.6 is 0 Å². The summed E-state index contributed by atoms with van der Waals surface area (Å²) in [6, 6.07) is 5.44. The van der Waals surface area contributed by atoms with Crippen molar-refractivity contribution in [3.63, 3.8) is 0 Å². The second kappa shape index (κ2) is 7.65. The van der Waals surface area contributed by atoms with Gasteiger partial charge < -0.3 is 10.1 Å². The number of rotatable bonds is 6. The summed E-state index contributed by atoms with van der Waals surface area (Å²) in [4.78, 5) is 4.54. The van der Waals surface area contributed by atoms with E-state index >= 15 is 0 Å². The Hall–Kier alpha value is -2.10. The molecule has 1 aromatic heterocycles. The Morgan fingerprint density at radius 3 is 2.17 bits per heavy atom. The lowest BCUT2D eigenvalue weighted by molar-refractivity contribution is 0.449. The molecule has 3 nitrogen and oxygen atoms in total. The molecule has 130 valence electrons. The van der Waals surface area contributed by atoms with Crippen molar-refractivity contribution in [2.45, 2.75) is 60.4 Å². The van der Waals surface area contributed by atoms with Crippen LogP contribution in [0.4, 0.5) is 10.1 Å². The van der Waals surface area contributed by atoms with Crippen molar-refractivity contribution in [2.24, 2.45) is 0 Å². The summed E-state index contributed by atoms with van der Waals surface area (Å²) >= 11 is 0. The summed E-state index contributed by atoms with van der Waals surface area (Å²) in [5.74, 6) is 0.995. The third kappa shape index (κ3) is 4.05. The Balaban J connectivity index is 2.39. The highest BCUT2D eigenvalue weighted by Gasteiger charge is 2.15. The van der Waals surface area contributed by atoms with E-state index in [1.54, 1.807) is 0 Å². The molecule has 0 bridgehead atoms. The van der Waals surface area contributed by atoms with E-state index in [1.807, 2.05) is 33.8 Å². The van der Waals surface area contributed by atoms with E-state index < -0.39 is 0 Å². The molecule has 0 aliphatic rings. The van der Waals surface area contributed by atoms with Crippen LogP contribution in [0.15, 0.2) is 18.2 Å². The van der Waals surface area contributed by atoms with Crippen molar-refractivity contribution < 1.29 is 9.13 Å². The minimum absolute atomic E-state index is 0.248. The number of hydrogen-bond acceptors (Lipinski definition) is 3. The fourth-order valence-corrected chi connectivity index (χ4v) is 2.83. The van der Waals surface area contributed by atoms with Gasteiger partial charge in [-0.3, -0.25) is 0 Å². The molecule has 2 rings (SSSR count). The van der Waals surface area contributed by atoms with Crippen molar-refractivity contribution in [3.05, 3.63) is 46.4 Å². The minimum Gasteiger partial charge on any atom is -0.438 e. The van der Waals surface area contributed by atoms with Crippen LogP contribution < -0.4 is 10.1 Å². The largest absolute Gasteiger partial charge is 0.438 e. The van der Waals surface area contributed by atoms with Gasteiger partial charge >= 0.3 is 0 Å². The number of hydrogen-bond donors (Lipinski definition) is 1.